The Balaban J connectivity index is 2.14. The normalized spacial score (nSPS) is 19.9. The first kappa shape index (κ1) is 13.1. The van der Waals surface area contributed by atoms with Gasteiger partial charge in [0.15, 0.2) is 0 Å². The topological polar surface area (TPSA) is 97.6 Å². The van der Waals surface area contributed by atoms with Gasteiger partial charge in [-0.2, -0.15) is 0 Å². The molecule has 0 saturated carbocycles. The second-order valence-corrected chi connectivity index (χ2v) is 5.60. The van der Waals surface area contributed by atoms with Crippen LogP contribution in [0.4, 0.5) is 0 Å². The summed E-state index contributed by atoms with van der Waals surface area (Å²) in [6.45, 7) is 1.36. The quantitative estimate of drug-likeness (QED) is 0.732. The van der Waals surface area contributed by atoms with E-state index in [4.69, 9.17) is 4.42 Å². The summed E-state index contributed by atoms with van der Waals surface area (Å²) < 4.78 is 35.7. The van der Waals surface area contributed by atoms with Crippen molar-refractivity contribution in [2.24, 2.45) is 0 Å². The van der Waals surface area contributed by atoms with Crippen molar-refractivity contribution in [1.82, 2.24) is 10.0 Å². The van der Waals surface area contributed by atoms with Gasteiger partial charge in [-0.1, -0.05) is 0 Å². The van der Waals surface area contributed by atoms with Crippen LogP contribution in [0.2, 0.25) is 0 Å². The van der Waals surface area contributed by atoms with Crippen molar-refractivity contribution in [3.63, 3.8) is 0 Å². The number of furan rings is 1. The van der Waals surface area contributed by atoms with Crippen LogP contribution in [0.5, 0.6) is 0 Å². The smallest absolute Gasteiger partial charge is 0.341 e. The molecular formula is C10H14N2O5S. The summed E-state index contributed by atoms with van der Waals surface area (Å²) in [5.74, 6) is -0.636. The molecule has 0 spiro atoms. The summed E-state index contributed by atoms with van der Waals surface area (Å²) in [7, 11) is -2.51. The van der Waals surface area contributed by atoms with E-state index in [-0.39, 0.29) is 16.7 Å². The first-order valence-corrected chi connectivity index (χ1v) is 6.91. The third kappa shape index (κ3) is 2.71. The Hall–Kier alpha value is -1.38. The molecule has 1 aromatic rings. The number of carbonyl (C=O) groups is 1. The minimum Gasteiger partial charge on any atom is -0.465 e. The zero-order valence-electron chi connectivity index (χ0n) is 9.80. The highest BCUT2D eigenvalue weighted by atomic mass is 32.2. The number of ether oxygens (including phenoxy) is 1. The first-order chi connectivity index (χ1) is 8.53. The molecule has 1 aromatic heterocycles. The number of sulfonamides is 1. The molecular weight excluding hydrogens is 260 g/mol. The van der Waals surface area contributed by atoms with Crippen LogP contribution in [0.3, 0.4) is 0 Å². The summed E-state index contributed by atoms with van der Waals surface area (Å²) in [6, 6.07) is 0.998. The molecule has 1 fully saturated rings. The van der Waals surface area contributed by atoms with Gasteiger partial charge in [0.25, 0.3) is 10.0 Å². The van der Waals surface area contributed by atoms with Gasteiger partial charge in [0, 0.05) is 18.7 Å². The number of carbonyl (C=O) groups excluding carboxylic acids is 1. The zero-order chi connectivity index (χ0) is 13.2. The van der Waals surface area contributed by atoms with E-state index in [1.54, 1.807) is 0 Å². The van der Waals surface area contributed by atoms with E-state index in [2.05, 4.69) is 14.8 Å². The second-order valence-electron chi connectivity index (χ2n) is 3.96. The molecule has 1 unspecified atom stereocenters. The molecule has 18 heavy (non-hydrogen) atoms. The molecule has 1 aliphatic heterocycles. The van der Waals surface area contributed by atoms with Crippen LogP contribution < -0.4 is 10.0 Å². The fourth-order valence-electron chi connectivity index (χ4n) is 1.72. The third-order valence-corrected chi connectivity index (χ3v) is 4.03. The lowest BCUT2D eigenvalue weighted by Crippen LogP contribution is -2.36. The fourth-order valence-corrected chi connectivity index (χ4v) is 2.93. The lowest BCUT2D eigenvalue weighted by Gasteiger charge is -2.09. The maximum absolute atomic E-state index is 11.9. The third-order valence-electron chi connectivity index (χ3n) is 2.64. The predicted octanol–water partition coefficient (Wildman–Crippen LogP) is -0.294. The molecule has 0 radical (unpaired) electrons. The van der Waals surface area contributed by atoms with E-state index < -0.39 is 16.0 Å². The predicted molar refractivity (Wildman–Crippen MR) is 61.6 cm³/mol. The van der Waals surface area contributed by atoms with Gasteiger partial charge in [0.05, 0.1) is 12.7 Å². The molecule has 100 valence electrons. The van der Waals surface area contributed by atoms with Gasteiger partial charge >= 0.3 is 5.97 Å². The summed E-state index contributed by atoms with van der Waals surface area (Å²) >= 11 is 0. The monoisotopic (exact) mass is 274 g/mol. The fraction of sp³-hybridized carbons (Fsp3) is 0.500. The SMILES string of the molecule is COC(=O)c1coc(S(=O)(=O)NC2CCNC2)c1. The number of methoxy groups -OCH3 is 1. The van der Waals surface area contributed by atoms with Crippen LogP contribution in [0.15, 0.2) is 21.8 Å². The lowest BCUT2D eigenvalue weighted by atomic mass is 10.3. The number of hydrogen-bond acceptors (Lipinski definition) is 6. The molecule has 1 atom stereocenters. The van der Waals surface area contributed by atoms with Gasteiger partial charge in [-0.15, -0.1) is 0 Å². The Kier molecular flexibility index (Phi) is 3.69. The molecule has 0 aliphatic carbocycles. The Morgan fingerprint density at radius 3 is 3.00 bits per heavy atom. The lowest BCUT2D eigenvalue weighted by molar-refractivity contribution is 0.0600. The molecule has 1 saturated heterocycles. The van der Waals surface area contributed by atoms with Crippen LogP contribution >= 0.6 is 0 Å². The number of hydrogen-bond donors (Lipinski definition) is 2. The number of esters is 1. The van der Waals surface area contributed by atoms with Crippen LogP contribution in [-0.2, 0) is 14.8 Å². The van der Waals surface area contributed by atoms with Crippen molar-refractivity contribution in [3.8, 4) is 0 Å². The van der Waals surface area contributed by atoms with E-state index >= 15 is 0 Å². The summed E-state index contributed by atoms with van der Waals surface area (Å²) in [4.78, 5) is 11.2. The van der Waals surface area contributed by atoms with Crippen LogP contribution in [0.25, 0.3) is 0 Å². The van der Waals surface area contributed by atoms with E-state index in [0.717, 1.165) is 25.3 Å². The molecule has 2 rings (SSSR count). The van der Waals surface area contributed by atoms with Crippen molar-refractivity contribution in [2.45, 2.75) is 17.6 Å². The van der Waals surface area contributed by atoms with Gasteiger partial charge in [0.2, 0.25) is 5.09 Å². The van der Waals surface area contributed by atoms with E-state index in [9.17, 15) is 13.2 Å². The molecule has 0 aromatic carbocycles. The highest BCUT2D eigenvalue weighted by Crippen LogP contribution is 2.15. The van der Waals surface area contributed by atoms with Crippen molar-refractivity contribution in [1.29, 1.82) is 0 Å². The van der Waals surface area contributed by atoms with Gasteiger partial charge in [0.1, 0.15) is 6.26 Å². The minimum atomic E-state index is -3.73. The van der Waals surface area contributed by atoms with Gasteiger partial charge < -0.3 is 14.5 Å². The van der Waals surface area contributed by atoms with E-state index in [0.29, 0.717) is 6.54 Å². The van der Waals surface area contributed by atoms with Crippen molar-refractivity contribution in [3.05, 3.63) is 17.9 Å². The average Bonchev–Trinajstić information content (AvgIpc) is 2.97. The van der Waals surface area contributed by atoms with Crippen molar-refractivity contribution >= 4 is 16.0 Å². The Bertz CT molecular complexity index is 530. The van der Waals surface area contributed by atoms with Gasteiger partial charge in [-0.05, 0) is 13.0 Å². The standard InChI is InChI=1S/C10H14N2O5S/c1-16-10(13)7-4-9(17-6-7)18(14,15)12-8-2-3-11-5-8/h4,6,8,11-12H,2-3,5H2,1H3. The van der Waals surface area contributed by atoms with E-state index in [1.807, 2.05) is 0 Å². The molecule has 8 heteroatoms. The van der Waals surface area contributed by atoms with Gasteiger partial charge in [-0.25, -0.2) is 17.9 Å². The highest BCUT2D eigenvalue weighted by Gasteiger charge is 2.26. The summed E-state index contributed by atoms with van der Waals surface area (Å²) in [6.07, 6.45) is 1.79. The largest absolute Gasteiger partial charge is 0.465 e. The van der Waals surface area contributed by atoms with Crippen molar-refractivity contribution < 1.29 is 22.4 Å². The number of nitrogens with one attached hydrogen (secondary N) is 2. The molecule has 0 bridgehead atoms. The van der Waals surface area contributed by atoms with Gasteiger partial charge in [-0.3, -0.25) is 0 Å². The summed E-state index contributed by atoms with van der Waals surface area (Å²) in [5.41, 5.74) is 0.0717. The maximum atomic E-state index is 11.9. The van der Waals surface area contributed by atoms with Crippen LogP contribution in [0, 0.1) is 0 Å². The number of rotatable bonds is 4. The second kappa shape index (κ2) is 5.09. The molecule has 1 aliphatic rings. The zero-order valence-corrected chi connectivity index (χ0v) is 10.6. The Labute approximate surface area is 105 Å². The Morgan fingerprint density at radius 1 is 1.61 bits per heavy atom. The van der Waals surface area contributed by atoms with E-state index in [1.165, 1.54) is 7.11 Å². The molecule has 2 N–H and O–H groups in total. The van der Waals surface area contributed by atoms with Crippen molar-refractivity contribution in [2.75, 3.05) is 20.2 Å². The molecule has 0 amide bonds. The minimum absolute atomic E-state index is 0.0717. The van der Waals surface area contributed by atoms with Crippen LogP contribution in [0.1, 0.15) is 16.8 Å². The van der Waals surface area contributed by atoms with Crippen LogP contribution in [-0.4, -0.2) is 40.6 Å². The highest BCUT2D eigenvalue weighted by molar-refractivity contribution is 7.89. The maximum Gasteiger partial charge on any atom is 0.341 e. The molecule has 7 nitrogen and oxygen atoms in total. The molecule has 2 heterocycles. The first-order valence-electron chi connectivity index (χ1n) is 5.43. The average molecular weight is 274 g/mol. The summed E-state index contributed by atoms with van der Waals surface area (Å²) in [5, 5.41) is 2.76. The Morgan fingerprint density at radius 2 is 2.39 bits per heavy atom.